The summed E-state index contributed by atoms with van der Waals surface area (Å²) in [5.41, 5.74) is 0. The number of nitrogens with zero attached hydrogens (tertiary/aromatic N) is 2. The Hall–Kier alpha value is -2.48. The molecule has 1 amide bonds. The maximum Gasteiger partial charge on any atom is 0.325 e. The SMILES string of the molecule is CSc1ccc(OC(C)C(=O)Nc2ccn(CC(=O)O)n2)cc1. The quantitative estimate of drug-likeness (QED) is 0.753. The molecule has 1 aromatic heterocycles. The van der Waals surface area contributed by atoms with Gasteiger partial charge in [0, 0.05) is 17.2 Å². The summed E-state index contributed by atoms with van der Waals surface area (Å²) in [6, 6.07) is 8.96. The van der Waals surface area contributed by atoms with Gasteiger partial charge < -0.3 is 15.2 Å². The number of rotatable bonds is 7. The van der Waals surface area contributed by atoms with Crippen LogP contribution in [0, 0.1) is 0 Å². The summed E-state index contributed by atoms with van der Waals surface area (Å²) in [7, 11) is 0. The Bertz CT molecular complexity index is 684. The van der Waals surface area contributed by atoms with Crippen molar-refractivity contribution in [3.63, 3.8) is 0 Å². The van der Waals surface area contributed by atoms with Crippen LogP contribution in [0.4, 0.5) is 5.82 Å². The first-order valence-corrected chi connectivity index (χ1v) is 8.07. The van der Waals surface area contributed by atoms with Gasteiger partial charge in [-0.15, -0.1) is 11.8 Å². The fraction of sp³-hybridized carbons (Fsp3) is 0.267. The minimum Gasteiger partial charge on any atom is -0.481 e. The van der Waals surface area contributed by atoms with Gasteiger partial charge in [-0.3, -0.25) is 14.3 Å². The first-order valence-electron chi connectivity index (χ1n) is 6.85. The third-order valence-corrected chi connectivity index (χ3v) is 3.67. The van der Waals surface area contributed by atoms with Crippen LogP contribution in [0.3, 0.4) is 0 Å². The van der Waals surface area contributed by atoms with Crippen LogP contribution < -0.4 is 10.1 Å². The summed E-state index contributed by atoms with van der Waals surface area (Å²) in [4.78, 5) is 23.8. The van der Waals surface area contributed by atoms with Gasteiger partial charge in [-0.2, -0.15) is 5.10 Å². The molecule has 0 aliphatic carbocycles. The Morgan fingerprint density at radius 3 is 2.65 bits per heavy atom. The Morgan fingerprint density at radius 1 is 1.35 bits per heavy atom. The van der Waals surface area contributed by atoms with E-state index < -0.39 is 12.1 Å². The number of hydrogen-bond donors (Lipinski definition) is 2. The number of hydrogen-bond acceptors (Lipinski definition) is 5. The van der Waals surface area contributed by atoms with Gasteiger partial charge in [-0.05, 0) is 37.4 Å². The second-order valence-electron chi connectivity index (χ2n) is 4.72. The number of aromatic nitrogens is 2. The van der Waals surface area contributed by atoms with Gasteiger partial charge in [-0.1, -0.05) is 0 Å². The smallest absolute Gasteiger partial charge is 0.325 e. The molecule has 0 aliphatic rings. The van der Waals surface area contributed by atoms with Crippen molar-refractivity contribution in [2.75, 3.05) is 11.6 Å². The molecule has 1 unspecified atom stereocenters. The lowest BCUT2D eigenvalue weighted by Crippen LogP contribution is -2.30. The summed E-state index contributed by atoms with van der Waals surface area (Å²) in [5.74, 6) is -0.484. The van der Waals surface area contributed by atoms with Gasteiger partial charge in [0.2, 0.25) is 0 Å². The number of anilines is 1. The predicted octanol–water partition coefficient (Wildman–Crippen LogP) is 2.10. The van der Waals surface area contributed by atoms with Crippen molar-refractivity contribution >= 4 is 29.5 Å². The summed E-state index contributed by atoms with van der Waals surface area (Å²) in [6.45, 7) is 1.37. The Labute approximate surface area is 137 Å². The summed E-state index contributed by atoms with van der Waals surface area (Å²) in [6.07, 6.45) is 2.76. The fourth-order valence-corrected chi connectivity index (χ4v) is 2.20. The molecule has 0 saturated carbocycles. The fourth-order valence-electron chi connectivity index (χ4n) is 1.79. The molecule has 1 aromatic carbocycles. The Kier molecular flexibility index (Phi) is 5.64. The van der Waals surface area contributed by atoms with E-state index >= 15 is 0 Å². The van der Waals surface area contributed by atoms with Gasteiger partial charge in [0.25, 0.3) is 5.91 Å². The molecule has 0 aliphatic heterocycles. The van der Waals surface area contributed by atoms with Crippen molar-refractivity contribution in [2.45, 2.75) is 24.5 Å². The average Bonchev–Trinajstić information content (AvgIpc) is 2.94. The molecule has 0 bridgehead atoms. The van der Waals surface area contributed by atoms with Crippen LogP contribution >= 0.6 is 11.8 Å². The number of carbonyl (C=O) groups is 2. The van der Waals surface area contributed by atoms with E-state index in [2.05, 4.69) is 10.4 Å². The summed E-state index contributed by atoms with van der Waals surface area (Å²) in [5, 5.41) is 15.2. The normalized spacial score (nSPS) is 11.7. The topological polar surface area (TPSA) is 93.5 Å². The number of amides is 1. The van der Waals surface area contributed by atoms with E-state index in [1.54, 1.807) is 30.8 Å². The van der Waals surface area contributed by atoms with Crippen LogP contribution in [0.2, 0.25) is 0 Å². The number of nitrogens with one attached hydrogen (secondary N) is 1. The molecule has 0 radical (unpaired) electrons. The molecule has 2 aromatic rings. The first-order chi connectivity index (χ1) is 11.0. The molecule has 8 heteroatoms. The number of carboxylic acids is 1. The first kappa shape index (κ1) is 16.9. The molecule has 0 spiro atoms. The van der Waals surface area contributed by atoms with E-state index in [0.29, 0.717) is 5.75 Å². The van der Waals surface area contributed by atoms with Crippen LogP contribution in [0.15, 0.2) is 41.4 Å². The standard InChI is InChI=1S/C15H17N3O4S/c1-10(22-11-3-5-12(23-2)6-4-11)15(21)16-13-7-8-18(17-13)9-14(19)20/h3-8,10H,9H2,1-2H3,(H,19,20)(H,16,17,21). The minimum absolute atomic E-state index is 0.260. The lowest BCUT2D eigenvalue weighted by Gasteiger charge is -2.14. The number of carbonyl (C=O) groups excluding carboxylic acids is 1. The highest BCUT2D eigenvalue weighted by molar-refractivity contribution is 7.98. The highest BCUT2D eigenvalue weighted by Crippen LogP contribution is 2.20. The zero-order valence-electron chi connectivity index (χ0n) is 12.7. The van der Waals surface area contributed by atoms with Crippen LogP contribution in [-0.4, -0.2) is 39.1 Å². The second kappa shape index (κ2) is 7.68. The molecule has 7 nitrogen and oxygen atoms in total. The Balaban J connectivity index is 1.91. The van der Waals surface area contributed by atoms with Crippen molar-refractivity contribution in [3.05, 3.63) is 36.5 Å². The van der Waals surface area contributed by atoms with E-state index in [-0.39, 0.29) is 18.3 Å². The van der Waals surface area contributed by atoms with Gasteiger partial charge in [0.05, 0.1) is 0 Å². The Morgan fingerprint density at radius 2 is 2.04 bits per heavy atom. The van der Waals surface area contributed by atoms with E-state index in [1.807, 2.05) is 18.4 Å². The van der Waals surface area contributed by atoms with Gasteiger partial charge >= 0.3 is 5.97 Å². The van der Waals surface area contributed by atoms with E-state index in [1.165, 1.54) is 16.9 Å². The number of ether oxygens (including phenoxy) is 1. The zero-order valence-corrected chi connectivity index (χ0v) is 13.5. The van der Waals surface area contributed by atoms with Crippen molar-refractivity contribution < 1.29 is 19.4 Å². The summed E-state index contributed by atoms with van der Waals surface area (Å²) >= 11 is 1.62. The number of aliphatic carboxylic acids is 1. The predicted molar refractivity (Wildman–Crippen MR) is 86.8 cm³/mol. The third kappa shape index (κ3) is 5.03. The highest BCUT2D eigenvalue weighted by Gasteiger charge is 2.16. The second-order valence-corrected chi connectivity index (χ2v) is 5.60. The van der Waals surface area contributed by atoms with Crippen LogP contribution in [0.1, 0.15) is 6.92 Å². The molecule has 1 atom stereocenters. The van der Waals surface area contributed by atoms with E-state index in [9.17, 15) is 9.59 Å². The molecule has 2 rings (SSSR count). The number of benzene rings is 1. The average molecular weight is 335 g/mol. The summed E-state index contributed by atoms with van der Waals surface area (Å²) < 4.78 is 6.80. The van der Waals surface area contributed by atoms with Crippen molar-refractivity contribution in [1.82, 2.24) is 9.78 Å². The molecule has 2 N–H and O–H groups in total. The van der Waals surface area contributed by atoms with Gasteiger partial charge in [-0.25, -0.2) is 0 Å². The maximum atomic E-state index is 12.1. The van der Waals surface area contributed by atoms with E-state index in [0.717, 1.165) is 4.90 Å². The zero-order chi connectivity index (χ0) is 16.8. The minimum atomic E-state index is -1.00. The molecule has 1 heterocycles. The lowest BCUT2D eigenvalue weighted by atomic mass is 10.3. The molecule has 23 heavy (non-hydrogen) atoms. The maximum absolute atomic E-state index is 12.1. The van der Waals surface area contributed by atoms with Crippen molar-refractivity contribution in [3.8, 4) is 5.75 Å². The molecule has 0 saturated heterocycles. The van der Waals surface area contributed by atoms with Gasteiger partial charge in [0.15, 0.2) is 11.9 Å². The third-order valence-electron chi connectivity index (χ3n) is 2.93. The lowest BCUT2D eigenvalue weighted by molar-refractivity contribution is -0.137. The molecule has 0 fully saturated rings. The van der Waals surface area contributed by atoms with Crippen molar-refractivity contribution in [1.29, 1.82) is 0 Å². The number of thioether (sulfide) groups is 1. The molecular weight excluding hydrogens is 318 g/mol. The molecular formula is C15H17N3O4S. The van der Waals surface area contributed by atoms with Crippen LogP contribution in [-0.2, 0) is 16.1 Å². The van der Waals surface area contributed by atoms with Crippen molar-refractivity contribution in [2.24, 2.45) is 0 Å². The molecule has 122 valence electrons. The van der Waals surface area contributed by atoms with E-state index in [4.69, 9.17) is 9.84 Å². The van der Waals surface area contributed by atoms with Crippen LogP contribution in [0.25, 0.3) is 0 Å². The number of carboxylic acid groups (broad SMARTS) is 1. The van der Waals surface area contributed by atoms with Gasteiger partial charge in [0.1, 0.15) is 12.3 Å². The van der Waals surface area contributed by atoms with Crippen LogP contribution in [0.5, 0.6) is 5.75 Å². The monoisotopic (exact) mass is 335 g/mol. The highest BCUT2D eigenvalue weighted by atomic mass is 32.2. The largest absolute Gasteiger partial charge is 0.481 e.